The fourth-order valence-corrected chi connectivity index (χ4v) is 7.73. The van der Waals surface area contributed by atoms with E-state index in [9.17, 15) is 9.90 Å². The van der Waals surface area contributed by atoms with Crippen LogP contribution >= 0.6 is 11.3 Å². The molecule has 8 rings (SSSR count). The number of hydrogen-bond acceptors (Lipinski definition) is 5. The summed E-state index contributed by atoms with van der Waals surface area (Å²) in [4.78, 5) is 21.5. The lowest BCUT2D eigenvalue weighted by Gasteiger charge is -2.24. The number of carboxylic acids is 1. The molecule has 0 spiro atoms. The second-order valence-corrected chi connectivity index (χ2v) is 12.8. The molecule has 0 radical (unpaired) electrons. The predicted molar refractivity (Wildman–Crippen MR) is 200 cm³/mol. The normalized spacial score (nSPS) is 13.7. The van der Waals surface area contributed by atoms with E-state index in [0.29, 0.717) is 6.54 Å². The Morgan fingerprint density at radius 2 is 1.57 bits per heavy atom. The number of nitrogens with zero attached hydrogens (tertiary/aromatic N) is 5. The molecule has 0 aliphatic carbocycles. The fourth-order valence-electron chi connectivity index (χ4n) is 6.77. The van der Waals surface area contributed by atoms with Crippen LogP contribution in [0.15, 0.2) is 139 Å². The Morgan fingerprint density at radius 1 is 0.837 bits per heavy atom. The van der Waals surface area contributed by atoms with E-state index >= 15 is 0 Å². The summed E-state index contributed by atoms with van der Waals surface area (Å²) in [5, 5.41) is 10.8. The third-order valence-electron chi connectivity index (χ3n) is 8.97. The molecule has 1 aliphatic rings. The summed E-state index contributed by atoms with van der Waals surface area (Å²) in [7, 11) is 0. The second-order valence-electron chi connectivity index (χ2n) is 11.8. The topological polar surface area (TPSA) is 65.5 Å². The van der Waals surface area contributed by atoms with Crippen molar-refractivity contribution in [3.63, 3.8) is 0 Å². The smallest absolute Gasteiger partial charge is 0.335 e. The van der Waals surface area contributed by atoms with Gasteiger partial charge in [0.1, 0.15) is 16.5 Å². The Hall–Kier alpha value is -5.99. The van der Waals surface area contributed by atoms with Gasteiger partial charge in [-0.1, -0.05) is 54.6 Å². The number of allylic oxidation sites excluding steroid dienone is 2. The minimum atomic E-state index is -0.938. The first kappa shape index (κ1) is 30.4. The van der Waals surface area contributed by atoms with E-state index < -0.39 is 5.97 Å². The van der Waals surface area contributed by atoms with Crippen LogP contribution in [-0.2, 0) is 6.54 Å². The minimum absolute atomic E-state index is 0.267. The molecule has 5 aromatic carbocycles. The first-order valence-corrected chi connectivity index (χ1v) is 17.3. The zero-order valence-corrected chi connectivity index (χ0v) is 28.0. The van der Waals surface area contributed by atoms with Crippen molar-refractivity contribution in [2.45, 2.75) is 20.4 Å². The van der Waals surface area contributed by atoms with Crippen molar-refractivity contribution < 1.29 is 14.5 Å². The summed E-state index contributed by atoms with van der Waals surface area (Å²) in [5.74, 6) is 1.05. The van der Waals surface area contributed by atoms with Crippen molar-refractivity contribution in [1.29, 1.82) is 0 Å². The number of thiazole rings is 1. The summed E-state index contributed by atoms with van der Waals surface area (Å²) < 4.78 is 5.54. The lowest BCUT2D eigenvalue weighted by atomic mass is 10.1. The molecular weight excluding hydrogens is 627 g/mol. The summed E-state index contributed by atoms with van der Waals surface area (Å²) in [6, 6.07) is 40.9. The van der Waals surface area contributed by atoms with E-state index in [4.69, 9.17) is 4.98 Å². The third-order valence-corrected chi connectivity index (χ3v) is 10.1. The maximum atomic E-state index is 11.9. The maximum Gasteiger partial charge on any atom is 0.335 e. The van der Waals surface area contributed by atoms with E-state index in [2.05, 4.69) is 124 Å². The number of imidazole rings is 1. The van der Waals surface area contributed by atoms with Crippen molar-refractivity contribution in [2.75, 3.05) is 16.3 Å². The quantitative estimate of drug-likeness (QED) is 0.165. The minimum Gasteiger partial charge on any atom is -0.478 e. The van der Waals surface area contributed by atoms with Gasteiger partial charge in [0.15, 0.2) is 11.0 Å². The number of aryl methyl sites for hydroxylation is 1. The lowest BCUT2D eigenvalue weighted by Crippen LogP contribution is -2.35. The van der Waals surface area contributed by atoms with Crippen LogP contribution in [0, 0.1) is 0 Å². The van der Waals surface area contributed by atoms with Crippen molar-refractivity contribution in [1.82, 2.24) is 9.55 Å². The van der Waals surface area contributed by atoms with Crippen molar-refractivity contribution in [3.05, 3.63) is 151 Å². The number of rotatable bonds is 8. The maximum absolute atomic E-state index is 11.9. The standard InChI is InChI=1S/C41H33N5O2S/c1-3-43-35-26-28(40-42-32-18-11-12-19-37(32)49-40)22-24-33(35)45(30-14-7-5-8-15-30)38(43)20-13-21-39-44(4-2)36-27-29(41(47)48)23-25-34(36)46(39)31-16-9-6-10-17-31/h5-27H,3-4H2,1-2H3/p+1. The lowest BCUT2D eigenvalue weighted by molar-refractivity contribution is -0.670. The van der Waals surface area contributed by atoms with Crippen LogP contribution in [0.2, 0.25) is 0 Å². The van der Waals surface area contributed by atoms with Crippen LogP contribution in [0.1, 0.15) is 30.0 Å². The molecule has 0 fully saturated rings. The number of hydrogen-bond donors (Lipinski definition) is 1. The molecule has 0 atom stereocenters. The van der Waals surface area contributed by atoms with Crippen molar-refractivity contribution in [2.24, 2.45) is 0 Å². The number of fused-ring (bicyclic) bond motifs is 3. The Kier molecular flexibility index (Phi) is 7.78. The van der Waals surface area contributed by atoms with Gasteiger partial charge >= 0.3 is 5.97 Å². The van der Waals surface area contributed by atoms with E-state index in [1.807, 2.05) is 36.4 Å². The zero-order chi connectivity index (χ0) is 33.5. The molecule has 7 nitrogen and oxygen atoms in total. The molecule has 0 amide bonds. The van der Waals surface area contributed by atoms with Crippen molar-refractivity contribution in [3.8, 4) is 16.3 Å². The number of aromatic nitrogens is 3. The molecule has 1 aliphatic heterocycles. The molecule has 1 N–H and O–H groups in total. The highest BCUT2D eigenvalue weighted by Crippen LogP contribution is 2.48. The van der Waals surface area contributed by atoms with Gasteiger partial charge in [-0.25, -0.2) is 14.3 Å². The highest BCUT2D eigenvalue weighted by atomic mass is 32.1. The van der Waals surface area contributed by atoms with Crippen LogP contribution < -0.4 is 14.4 Å². The number of para-hydroxylation sites is 3. The number of anilines is 3. The highest BCUT2D eigenvalue weighted by Gasteiger charge is 2.32. The van der Waals surface area contributed by atoms with Gasteiger partial charge in [-0.2, -0.15) is 4.57 Å². The highest BCUT2D eigenvalue weighted by molar-refractivity contribution is 7.21. The van der Waals surface area contributed by atoms with E-state index in [0.717, 1.165) is 68.1 Å². The SMILES string of the molecule is CCN1C(=CC=Cc2n(-c3ccccc3)c3ccc(C(=O)O)cc3[n+]2CC)N(c2ccccc2)c2ccc(-c3nc4ccccc4s3)cc21. The van der Waals surface area contributed by atoms with Crippen LogP contribution in [0.3, 0.4) is 0 Å². The van der Waals surface area contributed by atoms with Crippen LogP contribution in [0.5, 0.6) is 0 Å². The number of carbonyl (C=O) groups is 1. The van der Waals surface area contributed by atoms with E-state index in [-0.39, 0.29) is 5.56 Å². The molecule has 3 heterocycles. The van der Waals surface area contributed by atoms with Gasteiger partial charge in [-0.15, -0.1) is 11.3 Å². The monoisotopic (exact) mass is 660 g/mol. The molecule has 240 valence electrons. The summed E-state index contributed by atoms with van der Waals surface area (Å²) in [5.41, 5.74) is 8.53. The Labute approximate surface area is 288 Å². The van der Waals surface area contributed by atoms with Gasteiger partial charge in [-0.05, 0) is 86.7 Å². The molecule has 49 heavy (non-hydrogen) atoms. The summed E-state index contributed by atoms with van der Waals surface area (Å²) in [6.45, 7) is 5.71. The van der Waals surface area contributed by atoms with E-state index in [1.54, 1.807) is 23.5 Å². The molecule has 8 heteroatoms. The fraction of sp³-hybridized carbons (Fsp3) is 0.0976. The van der Waals surface area contributed by atoms with E-state index in [1.165, 1.54) is 4.70 Å². The van der Waals surface area contributed by atoms with Gasteiger partial charge in [0.05, 0.1) is 33.7 Å². The Morgan fingerprint density at radius 3 is 2.29 bits per heavy atom. The third kappa shape index (κ3) is 5.27. The van der Waals surface area contributed by atoms with Gasteiger partial charge in [0.25, 0.3) is 5.82 Å². The molecule has 0 saturated heterocycles. The number of carboxylic acid groups (broad SMARTS) is 1. The summed E-state index contributed by atoms with van der Waals surface area (Å²) >= 11 is 1.71. The summed E-state index contributed by atoms with van der Waals surface area (Å²) in [6.07, 6.45) is 6.40. The van der Waals surface area contributed by atoms with Gasteiger partial charge < -0.3 is 10.0 Å². The number of aromatic carboxylic acids is 1. The van der Waals surface area contributed by atoms with Gasteiger partial charge in [0.2, 0.25) is 0 Å². The second kappa shape index (κ2) is 12.6. The molecule has 0 unspecified atom stereocenters. The average Bonchev–Trinajstić information content (AvgIpc) is 3.81. The molecule has 0 saturated carbocycles. The Balaban J connectivity index is 1.27. The first-order chi connectivity index (χ1) is 24.1. The molecule has 0 bridgehead atoms. The van der Waals surface area contributed by atoms with Gasteiger partial charge in [0, 0.05) is 29.9 Å². The zero-order valence-electron chi connectivity index (χ0n) is 27.2. The van der Waals surface area contributed by atoms with Gasteiger partial charge in [-0.3, -0.25) is 4.90 Å². The van der Waals surface area contributed by atoms with Crippen molar-refractivity contribution >= 4 is 61.7 Å². The number of benzene rings is 5. The average molecular weight is 661 g/mol. The molecular formula is C41H34N5O2S+. The van der Waals surface area contributed by atoms with Crippen LogP contribution in [-0.4, -0.2) is 27.2 Å². The Bertz CT molecular complexity index is 2380. The molecule has 2 aromatic heterocycles. The van der Waals surface area contributed by atoms with Crippen LogP contribution in [0.25, 0.3) is 43.6 Å². The first-order valence-electron chi connectivity index (χ1n) is 16.4. The van der Waals surface area contributed by atoms with Crippen LogP contribution in [0.4, 0.5) is 17.1 Å². The molecule has 7 aromatic rings. The largest absolute Gasteiger partial charge is 0.478 e. The predicted octanol–water partition coefficient (Wildman–Crippen LogP) is 9.45.